The van der Waals surface area contributed by atoms with Gasteiger partial charge in [-0.3, -0.25) is 9.69 Å². The van der Waals surface area contributed by atoms with Crippen LogP contribution in [0.25, 0.3) is 0 Å². The minimum atomic E-state index is -0.880. The second kappa shape index (κ2) is 7.48. The molecule has 110 valence electrons. The van der Waals surface area contributed by atoms with Gasteiger partial charge in [0, 0.05) is 6.54 Å². The number of likely N-dealkylation sites (N-methyl/N-ethyl adjacent to an activating group) is 1. The van der Waals surface area contributed by atoms with Gasteiger partial charge < -0.3 is 10.0 Å². The predicted octanol–water partition coefficient (Wildman–Crippen LogP) is 1.57. The molecule has 0 aromatic rings. The fraction of sp³-hybridized carbons (Fsp3) is 0.857. The second-order valence-electron chi connectivity index (χ2n) is 5.19. The molecule has 1 fully saturated rings. The van der Waals surface area contributed by atoms with Gasteiger partial charge in [-0.1, -0.05) is 20.3 Å². The highest BCUT2D eigenvalue weighted by Crippen LogP contribution is 2.20. The predicted molar refractivity (Wildman–Crippen MR) is 74.0 cm³/mol. The lowest BCUT2D eigenvalue weighted by molar-refractivity contribution is -0.150. The molecule has 2 atom stereocenters. The number of unbranched alkanes of at least 4 members (excludes halogenated alkanes) is 1. The number of hydrogen-bond donors (Lipinski definition) is 1. The lowest BCUT2D eigenvalue weighted by Gasteiger charge is -2.31. The number of hydrogen-bond acceptors (Lipinski definition) is 3. The zero-order valence-electron chi connectivity index (χ0n) is 12.3. The summed E-state index contributed by atoms with van der Waals surface area (Å²) in [4.78, 5) is 27.3. The van der Waals surface area contributed by atoms with E-state index in [2.05, 4.69) is 11.8 Å². The molecule has 1 amide bonds. The number of carboxylic acid groups (broad SMARTS) is 1. The fourth-order valence-corrected chi connectivity index (χ4v) is 2.67. The highest BCUT2D eigenvalue weighted by molar-refractivity contribution is 5.87. The van der Waals surface area contributed by atoms with Crippen molar-refractivity contribution in [1.29, 1.82) is 0 Å². The van der Waals surface area contributed by atoms with Crippen molar-refractivity contribution >= 4 is 11.9 Å². The van der Waals surface area contributed by atoms with Crippen LogP contribution in [-0.4, -0.2) is 58.5 Å². The van der Waals surface area contributed by atoms with Crippen molar-refractivity contribution in [3.63, 3.8) is 0 Å². The highest BCUT2D eigenvalue weighted by Gasteiger charge is 2.36. The molecular weight excluding hydrogens is 244 g/mol. The Morgan fingerprint density at radius 2 is 2.11 bits per heavy atom. The van der Waals surface area contributed by atoms with Crippen LogP contribution in [0, 0.1) is 0 Å². The van der Waals surface area contributed by atoms with Gasteiger partial charge in [-0.15, -0.1) is 0 Å². The third-order valence-corrected chi connectivity index (χ3v) is 3.93. The number of carboxylic acids is 1. The van der Waals surface area contributed by atoms with E-state index in [9.17, 15) is 9.59 Å². The van der Waals surface area contributed by atoms with Crippen LogP contribution >= 0.6 is 0 Å². The molecule has 0 aromatic heterocycles. The number of carbonyl (C=O) groups excluding carboxylic acids is 1. The van der Waals surface area contributed by atoms with Crippen LogP contribution in [0.1, 0.15) is 46.5 Å². The third kappa shape index (κ3) is 3.93. The molecule has 1 aliphatic rings. The van der Waals surface area contributed by atoms with Crippen molar-refractivity contribution in [2.45, 2.75) is 58.5 Å². The van der Waals surface area contributed by atoms with Gasteiger partial charge in [-0.05, 0) is 39.3 Å². The Morgan fingerprint density at radius 1 is 1.42 bits per heavy atom. The highest BCUT2D eigenvalue weighted by atomic mass is 16.4. The number of amides is 1. The zero-order valence-corrected chi connectivity index (χ0v) is 12.3. The zero-order chi connectivity index (χ0) is 14.4. The molecule has 0 saturated carbocycles. The molecule has 1 heterocycles. The Labute approximate surface area is 115 Å². The van der Waals surface area contributed by atoms with Crippen molar-refractivity contribution < 1.29 is 14.7 Å². The first-order valence-electron chi connectivity index (χ1n) is 7.30. The van der Waals surface area contributed by atoms with Crippen molar-refractivity contribution in [3.05, 3.63) is 0 Å². The van der Waals surface area contributed by atoms with E-state index in [4.69, 9.17) is 5.11 Å². The van der Waals surface area contributed by atoms with Crippen LogP contribution in [0.4, 0.5) is 0 Å². The van der Waals surface area contributed by atoms with Crippen LogP contribution in [0.15, 0.2) is 0 Å². The summed E-state index contributed by atoms with van der Waals surface area (Å²) in [5.41, 5.74) is 0. The lowest BCUT2D eigenvalue weighted by atomic mass is 10.2. The van der Waals surface area contributed by atoms with E-state index in [1.54, 1.807) is 4.90 Å². The molecule has 5 heteroatoms. The molecule has 1 aliphatic heterocycles. The fourth-order valence-electron chi connectivity index (χ4n) is 2.67. The molecule has 0 radical (unpaired) electrons. The SMILES string of the molecule is CCCCN(CC)C(C)C(=O)N1CCCC1C(=O)O. The van der Waals surface area contributed by atoms with E-state index in [1.807, 2.05) is 13.8 Å². The normalized spacial score (nSPS) is 20.8. The second-order valence-corrected chi connectivity index (χ2v) is 5.19. The summed E-state index contributed by atoms with van der Waals surface area (Å²) in [6.45, 7) is 8.34. The van der Waals surface area contributed by atoms with E-state index in [0.29, 0.717) is 13.0 Å². The van der Waals surface area contributed by atoms with Crippen LogP contribution < -0.4 is 0 Å². The van der Waals surface area contributed by atoms with Gasteiger partial charge in [0.2, 0.25) is 5.91 Å². The molecule has 0 aromatic carbocycles. The molecule has 1 rings (SSSR count). The minimum Gasteiger partial charge on any atom is -0.480 e. The number of likely N-dealkylation sites (tertiary alicyclic amines) is 1. The first kappa shape index (κ1) is 16.0. The number of nitrogens with zero attached hydrogens (tertiary/aromatic N) is 2. The van der Waals surface area contributed by atoms with Crippen molar-refractivity contribution in [3.8, 4) is 0 Å². The summed E-state index contributed by atoms with van der Waals surface area (Å²) in [5.74, 6) is -0.919. The molecule has 1 N–H and O–H groups in total. The van der Waals surface area contributed by atoms with Crippen LogP contribution in [0.3, 0.4) is 0 Å². The lowest BCUT2D eigenvalue weighted by Crippen LogP contribution is -2.50. The average molecular weight is 270 g/mol. The van der Waals surface area contributed by atoms with Gasteiger partial charge in [0.25, 0.3) is 0 Å². The Kier molecular flexibility index (Phi) is 6.28. The Bertz CT molecular complexity index is 320. The smallest absolute Gasteiger partial charge is 0.326 e. The summed E-state index contributed by atoms with van der Waals surface area (Å²) in [5, 5.41) is 9.14. The molecule has 19 heavy (non-hydrogen) atoms. The van der Waals surface area contributed by atoms with E-state index in [-0.39, 0.29) is 11.9 Å². The summed E-state index contributed by atoms with van der Waals surface area (Å²) >= 11 is 0. The van der Waals surface area contributed by atoms with Gasteiger partial charge in [0.15, 0.2) is 0 Å². The van der Waals surface area contributed by atoms with Gasteiger partial charge in [-0.2, -0.15) is 0 Å². The van der Waals surface area contributed by atoms with Crippen LogP contribution in [-0.2, 0) is 9.59 Å². The first-order chi connectivity index (χ1) is 9.02. The van der Waals surface area contributed by atoms with E-state index in [1.165, 1.54) is 0 Å². The molecular formula is C14H26N2O3. The van der Waals surface area contributed by atoms with E-state index >= 15 is 0 Å². The quantitative estimate of drug-likeness (QED) is 0.763. The Balaban J connectivity index is 2.66. The maximum absolute atomic E-state index is 12.4. The van der Waals surface area contributed by atoms with Crippen LogP contribution in [0.2, 0.25) is 0 Å². The monoisotopic (exact) mass is 270 g/mol. The summed E-state index contributed by atoms with van der Waals surface area (Å²) in [6, 6.07) is -0.851. The summed E-state index contributed by atoms with van der Waals surface area (Å²) < 4.78 is 0. The Hall–Kier alpha value is -1.10. The number of rotatable bonds is 7. The van der Waals surface area contributed by atoms with Crippen molar-refractivity contribution in [1.82, 2.24) is 9.80 Å². The largest absolute Gasteiger partial charge is 0.480 e. The van der Waals surface area contributed by atoms with E-state index < -0.39 is 12.0 Å². The molecule has 0 spiro atoms. The van der Waals surface area contributed by atoms with Gasteiger partial charge >= 0.3 is 5.97 Å². The van der Waals surface area contributed by atoms with Crippen LogP contribution in [0.5, 0.6) is 0 Å². The van der Waals surface area contributed by atoms with E-state index in [0.717, 1.165) is 32.4 Å². The van der Waals surface area contributed by atoms with Crippen molar-refractivity contribution in [2.24, 2.45) is 0 Å². The topological polar surface area (TPSA) is 60.9 Å². The van der Waals surface area contributed by atoms with Gasteiger partial charge in [0.1, 0.15) is 6.04 Å². The van der Waals surface area contributed by atoms with Crippen molar-refractivity contribution in [2.75, 3.05) is 19.6 Å². The standard InChI is InChI=1S/C14H26N2O3/c1-4-6-9-15(5-2)11(3)13(17)16-10-7-8-12(16)14(18)19/h11-12H,4-10H2,1-3H3,(H,18,19). The van der Waals surface area contributed by atoms with Gasteiger partial charge in [0.05, 0.1) is 6.04 Å². The summed E-state index contributed by atoms with van der Waals surface area (Å²) in [7, 11) is 0. The molecule has 2 unspecified atom stereocenters. The molecule has 0 aliphatic carbocycles. The Morgan fingerprint density at radius 3 is 2.63 bits per heavy atom. The minimum absolute atomic E-state index is 0.0390. The average Bonchev–Trinajstić information content (AvgIpc) is 2.87. The third-order valence-electron chi connectivity index (χ3n) is 3.93. The number of carbonyl (C=O) groups is 2. The summed E-state index contributed by atoms with van der Waals surface area (Å²) in [6.07, 6.45) is 3.53. The van der Waals surface area contributed by atoms with Gasteiger partial charge in [-0.25, -0.2) is 4.79 Å². The molecule has 5 nitrogen and oxygen atoms in total. The first-order valence-corrected chi connectivity index (χ1v) is 7.30. The maximum atomic E-state index is 12.4. The molecule has 0 bridgehead atoms. The number of aliphatic carboxylic acids is 1. The maximum Gasteiger partial charge on any atom is 0.326 e. The molecule has 1 saturated heterocycles.